The largest absolute Gasteiger partial charge is 0.497 e. The van der Waals surface area contributed by atoms with E-state index in [-0.39, 0.29) is 30.4 Å². The predicted octanol–water partition coefficient (Wildman–Crippen LogP) is 5.54. The Labute approximate surface area is 213 Å². The van der Waals surface area contributed by atoms with Gasteiger partial charge in [0.15, 0.2) is 6.61 Å². The third-order valence-electron chi connectivity index (χ3n) is 6.39. The minimum Gasteiger partial charge on any atom is -0.497 e. The fraction of sp³-hybridized carbons (Fsp3) is 0.333. The van der Waals surface area contributed by atoms with E-state index >= 15 is 0 Å². The molecular weight excluding hydrogens is 452 g/mol. The van der Waals surface area contributed by atoms with E-state index in [0.717, 1.165) is 23.3 Å². The lowest BCUT2D eigenvalue weighted by Crippen LogP contribution is -2.41. The number of carbonyl (C=O) groups is 2. The van der Waals surface area contributed by atoms with Crippen molar-refractivity contribution in [1.82, 2.24) is 4.90 Å². The third-order valence-corrected chi connectivity index (χ3v) is 6.39. The average molecular weight is 487 g/mol. The van der Waals surface area contributed by atoms with Crippen LogP contribution in [0.1, 0.15) is 48.6 Å². The van der Waals surface area contributed by atoms with Crippen LogP contribution in [-0.2, 0) is 16.0 Å². The standard InChI is InChI=1S/C30H34N2O4/c1-20(2)17-29(34)32-16-15-22-9-12-26(18-27(22)30(32)23-7-5-21(3)6-8-23)36-19-28(33)31-24-10-13-25(35-4)14-11-24/h5-14,18,20,30H,15-17,19H2,1-4H3,(H,31,33). The summed E-state index contributed by atoms with van der Waals surface area (Å²) in [6.07, 6.45) is 1.30. The smallest absolute Gasteiger partial charge is 0.262 e. The highest BCUT2D eigenvalue weighted by molar-refractivity contribution is 5.91. The SMILES string of the molecule is COc1ccc(NC(=O)COc2ccc3c(c2)C(c2ccc(C)cc2)N(C(=O)CC(C)C)CC3)cc1. The van der Waals surface area contributed by atoms with E-state index < -0.39 is 0 Å². The number of hydrogen-bond donors (Lipinski definition) is 1. The zero-order valence-electron chi connectivity index (χ0n) is 21.4. The second-order valence-corrected chi connectivity index (χ2v) is 9.67. The van der Waals surface area contributed by atoms with Gasteiger partial charge in [0.05, 0.1) is 13.2 Å². The van der Waals surface area contributed by atoms with Gasteiger partial charge in [0.25, 0.3) is 5.91 Å². The Morgan fingerprint density at radius 3 is 2.36 bits per heavy atom. The van der Waals surface area contributed by atoms with Crippen molar-refractivity contribution in [2.45, 2.75) is 39.7 Å². The normalized spacial score (nSPS) is 14.8. The van der Waals surface area contributed by atoms with E-state index in [0.29, 0.717) is 24.4 Å². The maximum Gasteiger partial charge on any atom is 0.262 e. The van der Waals surface area contributed by atoms with Crippen LogP contribution in [0.5, 0.6) is 11.5 Å². The molecule has 0 radical (unpaired) electrons. The maximum atomic E-state index is 13.2. The highest BCUT2D eigenvalue weighted by Gasteiger charge is 2.32. The first kappa shape index (κ1) is 25.3. The van der Waals surface area contributed by atoms with Gasteiger partial charge in [-0.1, -0.05) is 49.7 Å². The Morgan fingerprint density at radius 1 is 1.00 bits per heavy atom. The number of anilines is 1. The van der Waals surface area contributed by atoms with Gasteiger partial charge in [0, 0.05) is 18.7 Å². The molecule has 1 aliphatic rings. The van der Waals surface area contributed by atoms with E-state index in [1.54, 1.807) is 31.4 Å². The van der Waals surface area contributed by atoms with Crippen molar-refractivity contribution in [3.8, 4) is 11.5 Å². The molecular formula is C30H34N2O4. The Morgan fingerprint density at radius 2 is 1.69 bits per heavy atom. The fourth-order valence-corrected chi connectivity index (χ4v) is 4.55. The molecule has 188 valence electrons. The van der Waals surface area contributed by atoms with Crippen molar-refractivity contribution >= 4 is 17.5 Å². The first-order valence-electron chi connectivity index (χ1n) is 12.4. The van der Waals surface area contributed by atoms with Crippen LogP contribution >= 0.6 is 0 Å². The Kier molecular flexibility index (Phi) is 7.93. The van der Waals surface area contributed by atoms with Gasteiger partial charge in [0.2, 0.25) is 5.91 Å². The van der Waals surface area contributed by atoms with Crippen molar-refractivity contribution in [2.24, 2.45) is 5.92 Å². The van der Waals surface area contributed by atoms with Gasteiger partial charge in [0.1, 0.15) is 11.5 Å². The van der Waals surface area contributed by atoms with Gasteiger partial charge in [-0.25, -0.2) is 0 Å². The summed E-state index contributed by atoms with van der Waals surface area (Å²) < 4.78 is 11.0. The first-order chi connectivity index (χ1) is 17.3. The van der Waals surface area contributed by atoms with Crippen LogP contribution in [0, 0.1) is 12.8 Å². The number of carbonyl (C=O) groups excluding carboxylic acids is 2. The van der Waals surface area contributed by atoms with Gasteiger partial charge in [-0.3, -0.25) is 9.59 Å². The molecule has 0 saturated carbocycles. The summed E-state index contributed by atoms with van der Waals surface area (Å²) in [6.45, 7) is 6.76. The van der Waals surface area contributed by atoms with Crippen LogP contribution in [0.2, 0.25) is 0 Å². The molecule has 4 rings (SSSR count). The zero-order valence-corrected chi connectivity index (χ0v) is 21.4. The number of fused-ring (bicyclic) bond motifs is 1. The molecule has 1 unspecified atom stereocenters. The summed E-state index contributed by atoms with van der Waals surface area (Å²) in [5.41, 5.74) is 5.18. The van der Waals surface area contributed by atoms with E-state index in [1.807, 2.05) is 17.0 Å². The van der Waals surface area contributed by atoms with Crippen LogP contribution < -0.4 is 14.8 Å². The van der Waals surface area contributed by atoms with Gasteiger partial charge in [-0.05, 0) is 72.4 Å². The molecule has 36 heavy (non-hydrogen) atoms. The van der Waals surface area contributed by atoms with E-state index in [2.05, 4.69) is 56.4 Å². The molecule has 1 heterocycles. The second kappa shape index (κ2) is 11.3. The van der Waals surface area contributed by atoms with E-state index in [4.69, 9.17) is 9.47 Å². The number of aryl methyl sites for hydroxylation is 1. The maximum absolute atomic E-state index is 13.2. The van der Waals surface area contributed by atoms with Crippen molar-refractivity contribution in [3.63, 3.8) is 0 Å². The lowest BCUT2D eigenvalue weighted by atomic mass is 9.87. The average Bonchev–Trinajstić information content (AvgIpc) is 2.87. The van der Waals surface area contributed by atoms with Crippen LogP contribution in [0.25, 0.3) is 0 Å². The Hall–Kier alpha value is -3.80. The lowest BCUT2D eigenvalue weighted by molar-refractivity contribution is -0.134. The molecule has 2 amide bonds. The zero-order chi connectivity index (χ0) is 25.7. The summed E-state index contributed by atoms with van der Waals surface area (Å²) in [6, 6.07) is 21.3. The summed E-state index contributed by atoms with van der Waals surface area (Å²) in [5, 5.41) is 2.83. The molecule has 1 N–H and O–H groups in total. The van der Waals surface area contributed by atoms with Crippen molar-refractivity contribution in [2.75, 3.05) is 25.6 Å². The summed E-state index contributed by atoms with van der Waals surface area (Å²) in [4.78, 5) is 27.7. The lowest BCUT2D eigenvalue weighted by Gasteiger charge is -2.38. The van der Waals surface area contributed by atoms with Crippen molar-refractivity contribution < 1.29 is 19.1 Å². The number of nitrogens with zero attached hydrogens (tertiary/aromatic N) is 1. The molecule has 6 heteroatoms. The Bertz CT molecular complexity index is 1200. The minimum absolute atomic E-state index is 0.115. The number of amides is 2. The van der Waals surface area contributed by atoms with E-state index in [1.165, 1.54) is 11.1 Å². The molecule has 0 saturated heterocycles. The van der Waals surface area contributed by atoms with Crippen LogP contribution in [0.15, 0.2) is 66.7 Å². The number of hydrogen-bond acceptors (Lipinski definition) is 4. The third kappa shape index (κ3) is 6.06. The van der Waals surface area contributed by atoms with Crippen LogP contribution in [-0.4, -0.2) is 37.0 Å². The van der Waals surface area contributed by atoms with Gasteiger partial charge < -0.3 is 19.7 Å². The molecule has 1 aliphatic heterocycles. The number of benzene rings is 3. The second-order valence-electron chi connectivity index (χ2n) is 9.67. The molecule has 0 spiro atoms. The molecule has 3 aromatic carbocycles. The molecule has 6 nitrogen and oxygen atoms in total. The minimum atomic E-state index is -0.248. The summed E-state index contributed by atoms with van der Waals surface area (Å²) in [7, 11) is 1.60. The van der Waals surface area contributed by atoms with Gasteiger partial charge in [-0.2, -0.15) is 0 Å². The molecule has 3 aromatic rings. The first-order valence-corrected chi connectivity index (χ1v) is 12.4. The summed E-state index contributed by atoms with van der Waals surface area (Å²) in [5.74, 6) is 1.53. The van der Waals surface area contributed by atoms with E-state index in [9.17, 15) is 9.59 Å². The topological polar surface area (TPSA) is 67.9 Å². The highest BCUT2D eigenvalue weighted by Crippen LogP contribution is 2.38. The molecule has 0 aromatic heterocycles. The Balaban J connectivity index is 1.54. The number of ether oxygens (including phenoxy) is 2. The van der Waals surface area contributed by atoms with Gasteiger partial charge in [-0.15, -0.1) is 0 Å². The summed E-state index contributed by atoms with van der Waals surface area (Å²) >= 11 is 0. The predicted molar refractivity (Wildman–Crippen MR) is 141 cm³/mol. The van der Waals surface area contributed by atoms with Crippen LogP contribution in [0.3, 0.4) is 0 Å². The molecule has 0 bridgehead atoms. The van der Waals surface area contributed by atoms with Crippen molar-refractivity contribution in [1.29, 1.82) is 0 Å². The number of rotatable bonds is 8. The van der Waals surface area contributed by atoms with Gasteiger partial charge >= 0.3 is 0 Å². The van der Waals surface area contributed by atoms with Crippen molar-refractivity contribution in [3.05, 3.63) is 89.0 Å². The molecule has 0 aliphatic carbocycles. The van der Waals surface area contributed by atoms with Crippen LogP contribution in [0.4, 0.5) is 5.69 Å². The molecule has 0 fully saturated rings. The number of nitrogens with one attached hydrogen (secondary N) is 1. The molecule has 1 atom stereocenters. The highest BCUT2D eigenvalue weighted by atomic mass is 16.5. The fourth-order valence-electron chi connectivity index (χ4n) is 4.55. The monoisotopic (exact) mass is 486 g/mol. The quantitative estimate of drug-likeness (QED) is 0.454. The number of methoxy groups -OCH3 is 1.